The average Bonchev–Trinajstić information content (AvgIpc) is 3.01. The molecule has 0 spiro atoms. The van der Waals surface area contributed by atoms with E-state index >= 15 is 0 Å². The molecule has 1 heterocycles. The van der Waals surface area contributed by atoms with Crippen LogP contribution in [0.1, 0.15) is 22.7 Å². The highest BCUT2D eigenvalue weighted by Crippen LogP contribution is 2.44. The molecule has 156 valence electrons. The van der Waals surface area contributed by atoms with Gasteiger partial charge in [-0.25, -0.2) is 4.39 Å². The second-order valence-corrected chi connectivity index (χ2v) is 7.92. The molecular weight excluding hydrogens is 440 g/mol. The molecule has 1 atom stereocenters. The van der Waals surface area contributed by atoms with E-state index in [0.717, 1.165) is 5.56 Å². The Kier molecular flexibility index (Phi) is 5.56. The lowest BCUT2D eigenvalue weighted by molar-refractivity contribution is -0.132. The largest absolute Gasteiger partial charge is 0.507 e. The highest BCUT2D eigenvalue weighted by Gasteiger charge is 2.48. The van der Waals surface area contributed by atoms with E-state index in [-0.39, 0.29) is 26.7 Å². The summed E-state index contributed by atoms with van der Waals surface area (Å²) in [4.78, 5) is 27.4. The minimum Gasteiger partial charge on any atom is -0.507 e. The summed E-state index contributed by atoms with van der Waals surface area (Å²) in [6, 6.07) is 16.0. The van der Waals surface area contributed by atoms with E-state index in [4.69, 9.17) is 23.2 Å². The Labute approximate surface area is 188 Å². The number of aryl methyl sites for hydroxylation is 1. The van der Waals surface area contributed by atoms with Crippen molar-refractivity contribution in [1.82, 2.24) is 0 Å². The van der Waals surface area contributed by atoms with Crippen LogP contribution in [0, 0.1) is 12.7 Å². The van der Waals surface area contributed by atoms with Gasteiger partial charge in [-0.15, -0.1) is 0 Å². The van der Waals surface area contributed by atoms with Gasteiger partial charge in [-0.3, -0.25) is 14.5 Å². The van der Waals surface area contributed by atoms with E-state index in [1.807, 2.05) is 0 Å². The Bertz CT molecular complexity index is 1260. The first kappa shape index (κ1) is 21.1. The van der Waals surface area contributed by atoms with Crippen molar-refractivity contribution in [2.45, 2.75) is 13.0 Å². The van der Waals surface area contributed by atoms with E-state index in [1.54, 1.807) is 37.3 Å². The number of halogens is 3. The molecule has 3 aromatic carbocycles. The lowest BCUT2D eigenvalue weighted by atomic mass is 9.94. The quantitative estimate of drug-likeness (QED) is 0.296. The number of ketones is 1. The molecule has 4 nitrogen and oxygen atoms in total. The van der Waals surface area contributed by atoms with Crippen molar-refractivity contribution in [3.05, 3.63) is 105 Å². The first-order chi connectivity index (χ1) is 14.8. The number of anilines is 1. The zero-order valence-electron chi connectivity index (χ0n) is 16.3. The molecular formula is C24H16Cl2FNO3. The number of hydrogen-bond donors (Lipinski definition) is 1. The molecule has 0 bridgehead atoms. The van der Waals surface area contributed by atoms with Crippen LogP contribution >= 0.6 is 23.2 Å². The highest BCUT2D eigenvalue weighted by molar-refractivity contribution is 6.52. The van der Waals surface area contributed by atoms with Crippen molar-refractivity contribution in [3.8, 4) is 0 Å². The monoisotopic (exact) mass is 455 g/mol. The number of aliphatic hydroxyl groups is 1. The fourth-order valence-electron chi connectivity index (χ4n) is 3.70. The Balaban J connectivity index is 2.00. The molecule has 31 heavy (non-hydrogen) atoms. The lowest BCUT2D eigenvalue weighted by Crippen LogP contribution is -2.30. The van der Waals surface area contributed by atoms with Crippen LogP contribution in [-0.4, -0.2) is 16.8 Å². The molecule has 1 saturated heterocycles. The summed E-state index contributed by atoms with van der Waals surface area (Å²) in [5.41, 5.74) is 1.23. The number of Topliss-reactive ketones (excluding diaryl/α,β-unsaturated/α-hetero) is 1. The molecule has 1 aliphatic heterocycles. The van der Waals surface area contributed by atoms with Gasteiger partial charge in [0.05, 0.1) is 21.7 Å². The van der Waals surface area contributed by atoms with Crippen molar-refractivity contribution < 1.29 is 19.1 Å². The normalized spacial score (nSPS) is 17.9. The predicted octanol–water partition coefficient (Wildman–Crippen LogP) is 6.07. The molecule has 0 radical (unpaired) electrons. The molecule has 1 amide bonds. The van der Waals surface area contributed by atoms with Gasteiger partial charge in [-0.05, 0) is 42.8 Å². The van der Waals surface area contributed by atoms with Gasteiger partial charge >= 0.3 is 0 Å². The second kappa shape index (κ2) is 8.17. The first-order valence-corrected chi connectivity index (χ1v) is 10.1. The van der Waals surface area contributed by atoms with Crippen LogP contribution in [0.3, 0.4) is 0 Å². The van der Waals surface area contributed by atoms with Gasteiger partial charge in [0.15, 0.2) is 0 Å². The number of amides is 1. The number of aliphatic hydroxyl groups excluding tert-OH is 1. The van der Waals surface area contributed by atoms with Gasteiger partial charge in [0.2, 0.25) is 0 Å². The molecule has 4 rings (SSSR count). The van der Waals surface area contributed by atoms with E-state index in [9.17, 15) is 19.1 Å². The van der Waals surface area contributed by atoms with E-state index in [1.165, 1.54) is 41.3 Å². The van der Waals surface area contributed by atoms with Crippen LogP contribution in [0.4, 0.5) is 10.1 Å². The Morgan fingerprint density at radius 2 is 1.65 bits per heavy atom. The smallest absolute Gasteiger partial charge is 0.300 e. The van der Waals surface area contributed by atoms with Gasteiger partial charge in [0, 0.05) is 16.8 Å². The molecule has 1 fully saturated rings. The number of carbonyl (C=O) groups is 2. The maximum atomic E-state index is 14.8. The number of rotatable bonds is 3. The fraction of sp³-hybridized carbons (Fsp3) is 0.0833. The number of hydrogen-bond acceptors (Lipinski definition) is 3. The Hall–Kier alpha value is -3.15. The molecule has 0 aromatic heterocycles. The average molecular weight is 456 g/mol. The van der Waals surface area contributed by atoms with Gasteiger partial charge in [-0.1, -0.05) is 59.6 Å². The standard InChI is InChI=1S/C24H16Cl2FNO3/c1-13-6-2-5-9-19(13)28-21(15-7-3-4-8-18(15)27)20(23(30)24(28)31)22(29)14-10-11-16(25)17(26)12-14/h2-12,21,29H,1H3/b22-20+. The fourth-order valence-corrected chi connectivity index (χ4v) is 4.00. The Morgan fingerprint density at radius 1 is 0.968 bits per heavy atom. The summed E-state index contributed by atoms with van der Waals surface area (Å²) in [5.74, 6) is -2.83. The van der Waals surface area contributed by atoms with E-state index in [0.29, 0.717) is 5.69 Å². The van der Waals surface area contributed by atoms with Gasteiger partial charge in [-0.2, -0.15) is 0 Å². The number of nitrogens with zero attached hydrogens (tertiary/aromatic N) is 1. The van der Waals surface area contributed by atoms with Gasteiger partial charge in [0.25, 0.3) is 11.7 Å². The maximum Gasteiger partial charge on any atom is 0.300 e. The minimum atomic E-state index is -1.16. The summed E-state index contributed by atoms with van der Waals surface area (Å²) in [7, 11) is 0. The van der Waals surface area contributed by atoms with Crippen molar-refractivity contribution in [1.29, 1.82) is 0 Å². The van der Waals surface area contributed by atoms with Gasteiger partial charge in [0.1, 0.15) is 11.6 Å². The first-order valence-electron chi connectivity index (χ1n) is 9.37. The molecule has 1 aliphatic rings. The summed E-state index contributed by atoms with van der Waals surface area (Å²) >= 11 is 12.0. The lowest BCUT2D eigenvalue weighted by Gasteiger charge is -2.27. The van der Waals surface area contributed by atoms with Gasteiger partial charge < -0.3 is 5.11 Å². The summed E-state index contributed by atoms with van der Waals surface area (Å²) in [6.45, 7) is 1.78. The van der Waals surface area contributed by atoms with Crippen molar-refractivity contribution in [2.75, 3.05) is 4.90 Å². The second-order valence-electron chi connectivity index (χ2n) is 7.11. The van der Waals surface area contributed by atoms with Crippen LogP contribution < -0.4 is 4.90 Å². The van der Waals surface area contributed by atoms with Crippen LogP contribution in [0.5, 0.6) is 0 Å². The molecule has 0 saturated carbocycles. The van der Waals surface area contributed by atoms with Crippen LogP contribution in [0.25, 0.3) is 5.76 Å². The summed E-state index contributed by atoms with van der Waals surface area (Å²) < 4.78 is 14.8. The summed E-state index contributed by atoms with van der Waals surface area (Å²) in [6.07, 6.45) is 0. The number of carbonyl (C=O) groups excluding carboxylic acids is 2. The zero-order chi connectivity index (χ0) is 22.3. The predicted molar refractivity (Wildman–Crippen MR) is 119 cm³/mol. The number of benzene rings is 3. The molecule has 7 heteroatoms. The van der Waals surface area contributed by atoms with Crippen LogP contribution in [0.2, 0.25) is 10.0 Å². The van der Waals surface area contributed by atoms with Crippen molar-refractivity contribution in [2.24, 2.45) is 0 Å². The molecule has 0 aliphatic carbocycles. The van der Waals surface area contributed by atoms with E-state index in [2.05, 4.69) is 0 Å². The third-order valence-electron chi connectivity index (χ3n) is 5.21. The third-order valence-corrected chi connectivity index (χ3v) is 5.95. The van der Waals surface area contributed by atoms with E-state index < -0.39 is 29.3 Å². The topological polar surface area (TPSA) is 57.6 Å². The Morgan fingerprint density at radius 3 is 2.32 bits per heavy atom. The van der Waals surface area contributed by atoms with Crippen molar-refractivity contribution in [3.63, 3.8) is 0 Å². The summed E-state index contributed by atoms with van der Waals surface area (Å²) in [5, 5.41) is 11.5. The number of para-hydroxylation sites is 1. The van der Waals surface area contributed by atoms with Crippen LogP contribution in [-0.2, 0) is 9.59 Å². The molecule has 1 N–H and O–H groups in total. The highest BCUT2D eigenvalue weighted by atomic mass is 35.5. The zero-order valence-corrected chi connectivity index (χ0v) is 17.8. The van der Waals surface area contributed by atoms with Crippen molar-refractivity contribution >= 4 is 46.3 Å². The molecule has 1 unspecified atom stereocenters. The maximum absolute atomic E-state index is 14.8. The van der Waals surface area contributed by atoms with Crippen LogP contribution in [0.15, 0.2) is 72.3 Å². The third kappa shape index (κ3) is 3.60. The minimum absolute atomic E-state index is 0.0894. The SMILES string of the molecule is Cc1ccccc1N1C(=O)C(=O)/C(=C(/O)c2ccc(Cl)c(Cl)c2)C1c1ccccc1F. The molecule has 3 aromatic rings.